The zero-order chi connectivity index (χ0) is 22.6. The number of nitrogens with two attached hydrogens (primary N) is 1. The van der Waals surface area contributed by atoms with Gasteiger partial charge in [0.25, 0.3) is 0 Å². The molecule has 8 nitrogen and oxygen atoms in total. The van der Waals surface area contributed by atoms with Crippen LogP contribution in [0.2, 0.25) is 5.02 Å². The molecule has 2 saturated heterocycles. The van der Waals surface area contributed by atoms with Gasteiger partial charge in [-0.3, -0.25) is 0 Å². The molecule has 31 heavy (non-hydrogen) atoms. The van der Waals surface area contributed by atoms with Crippen molar-refractivity contribution in [1.29, 1.82) is 0 Å². The van der Waals surface area contributed by atoms with Gasteiger partial charge in [-0.25, -0.2) is 26.8 Å². The summed E-state index contributed by atoms with van der Waals surface area (Å²) >= 11 is 5.97. The predicted octanol–water partition coefficient (Wildman–Crippen LogP) is 1.90. The Morgan fingerprint density at radius 1 is 0.968 bits per heavy atom. The average Bonchev–Trinajstić information content (AvgIpc) is 2.58. The molecule has 2 aromatic carbocycles. The fourth-order valence-corrected chi connectivity index (χ4v) is 5.76. The Balaban J connectivity index is 1.41. The maximum absolute atomic E-state index is 12.4. The van der Waals surface area contributed by atoms with Crippen molar-refractivity contribution < 1.29 is 21.6 Å². The molecule has 0 aliphatic carbocycles. The molecule has 0 aromatic heterocycles. The van der Waals surface area contributed by atoms with Gasteiger partial charge < -0.3 is 9.80 Å². The number of carbonyl (C=O) groups excluding carboxylic acids is 1. The molecule has 0 bridgehead atoms. The van der Waals surface area contributed by atoms with Gasteiger partial charge in [0.05, 0.1) is 4.90 Å². The third kappa shape index (κ3) is 4.43. The van der Waals surface area contributed by atoms with Crippen LogP contribution in [0.15, 0.2) is 47.4 Å². The van der Waals surface area contributed by atoms with Crippen LogP contribution in [0.25, 0.3) is 11.1 Å². The molecular weight excluding hydrogens is 462 g/mol. The first-order chi connectivity index (χ1) is 14.4. The number of nitrogens with zero attached hydrogens (tertiary/aromatic N) is 2. The molecule has 11 heteroatoms. The van der Waals surface area contributed by atoms with E-state index in [1.165, 1.54) is 11.0 Å². The van der Waals surface area contributed by atoms with Crippen molar-refractivity contribution in [1.82, 2.24) is 9.80 Å². The van der Waals surface area contributed by atoms with Crippen LogP contribution in [-0.4, -0.2) is 70.4 Å². The smallest absolute Gasteiger partial charge is 0.320 e. The minimum absolute atomic E-state index is 0.136. The third-order valence-electron chi connectivity index (χ3n) is 5.77. The summed E-state index contributed by atoms with van der Waals surface area (Å²) in [7, 11) is -7.04. The molecule has 4 rings (SSSR count). The zero-order valence-corrected chi connectivity index (χ0v) is 19.1. The monoisotopic (exact) mass is 483 g/mol. The molecule has 2 fully saturated rings. The van der Waals surface area contributed by atoms with Crippen LogP contribution in [0.1, 0.15) is 11.5 Å². The van der Waals surface area contributed by atoms with Crippen LogP contribution in [0, 0.1) is 0 Å². The lowest BCUT2D eigenvalue weighted by Crippen LogP contribution is -2.64. The lowest BCUT2D eigenvalue weighted by atomic mass is 9.90. The summed E-state index contributed by atoms with van der Waals surface area (Å²) in [5.74, 6) is 0.174. The number of rotatable bonds is 4. The maximum atomic E-state index is 12.4. The second-order valence-electron chi connectivity index (χ2n) is 8.04. The van der Waals surface area contributed by atoms with E-state index in [0.717, 1.165) is 17.4 Å². The number of amides is 2. The lowest BCUT2D eigenvalue weighted by molar-refractivity contribution is 0.0954. The normalized spacial score (nSPS) is 17.9. The van der Waals surface area contributed by atoms with E-state index in [2.05, 4.69) is 0 Å². The molecule has 166 valence electrons. The van der Waals surface area contributed by atoms with Crippen LogP contribution in [-0.2, 0) is 19.9 Å². The molecule has 0 unspecified atom stereocenters. The van der Waals surface area contributed by atoms with E-state index < -0.39 is 25.1 Å². The summed E-state index contributed by atoms with van der Waals surface area (Å²) < 4.78 is 46.8. The number of benzene rings is 2. The van der Waals surface area contributed by atoms with Crippen LogP contribution in [0.4, 0.5) is 4.79 Å². The molecule has 2 amide bonds. The summed E-state index contributed by atoms with van der Waals surface area (Å²) in [6.07, 6.45) is 1.15. The number of likely N-dealkylation sites (tertiary alicyclic amines) is 2. The van der Waals surface area contributed by atoms with Gasteiger partial charge in [-0.2, -0.15) is 0 Å². The van der Waals surface area contributed by atoms with Gasteiger partial charge >= 0.3 is 6.03 Å². The molecule has 2 N–H and O–H groups in total. The molecule has 0 saturated carbocycles. The van der Waals surface area contributed by atoms with Crippen molar-refractivity contribution in [3.63, 3.8) is 0 Å². The number of hydrogen-bond acceptors (Lipinski definition) is 5. The number of carbonyl (C=O) groups is 1. The van der Waals surface area contributed by atoms with Gasteiger partial charge in [-0.15, -0.1) is 0 Å². The molecule has 2 aliphatic rings. The topological polar surface area (TPSA) is 118 Å². The minimum atomic E-state index is -3.60. The molecule has 0 atom stereocenters. The first-order valence-corrected chi connectivity index (χ1v) is 13.5. The Bertz CT molecular complexity index is 1230. The second kappa shape index (κ2) is 7.77. The van der Waals surface area contributed by atoms with Crippen molar-refractivity contribution in [3.8, 4) is 11.1 Å². The first kappa shape index (κ1) is 22.1. The van der Waals surface area contributed by atoms with E-state index in [4.69, 9.17) is 16.7 Å². The fourth-order valence-electron chi connectivity index (χ4n) is 3.82. The molecule has 0 spiro atoms. The third-order valence-corrected chi connectivity index (χ3v) is 8.37. The van der Waals surface area contributed by atoms with E-state index in [0.29, 0.717) is 23.7 Å². The molecule has 2 heterocycles. The van der Waals surface area contributed by atoms with E-state index in [1.807, 2.05) is 24.3 Å². The van der Waals surface area contributed by atoms with Crippen molar-refractivity contribution in [2.45, 2.75) is 16.1 Å². The average molecular weight is 484 g/mol. The number of primary sulfonamides is 1. The van der Waals surface area contributed by atoms with Gasteiger partial charge in [0.15, 0.2) is 9.84 Å². The number of halogens is 1. The summed E-state index contributed by atoms with van der Waals surface area (Å²) in [6, 6.07) is 12.2. The fraction of sp³-hybridized carbons (Fsp3) is 0.350. The summed E-state index contributed by atoms with van der Waals surface area (Å²) in [5.41, 5.74) is 2.41. The Morgan fingerprint density at radius 2 is 1.55 bits per heavy atom. The Hall–Kier alpha value is -2.14. The standard InChI is InChI=1S/C20H22ClN3O5S2/c1-30(26,27)19-8-16(21)6-7-18(19)14-4-2-13(3-5-14)15-9-23(10-15)20(25)24-11-17(12-24)31(22,28)29/h2-8,15,17H,9-12H2,1H3,(H2,22,28,29). The van der Waals surface area contributed by atoms with Crippen LogP contribution >= 0.6 is 11.6 Å². The van der Waals surface area contributed by atoms with E-state index in [-0.39, 0.29) is 29.9 Å². The highest BCUT2D eigenvalue weighted by atomic mass is 35.5. The summed E-state index contributed by atoms with van der Waals surface area (Å²) in [5, 5.41) is 4.78. The van der Waals surface area contributed by atoms with Crippen LogP contribution in [0.3, 0.4) is 0 Å². The molecule has 2 aromatic rings. The van der Waals surface area contributed by atoms with Gasteiger partial charge in [0.1, 0.15) is 5.25 Å². The van der Waals surface area contributed by atoms with Crippen molar-refractivity contribution in [2.75, 3.05) is 32.4 Å². The molecule has 0 radical (unpaired) electrons. The highest BCUT2D eigenvalue weighted by Gasteiger charge is 2.42. The highest BCUT2D eigenvalue weighted by molar-refractivity contribution is 7.91. The first-order valence-electron chi connectivity index (χ1n) is 9.59. The summed E-state index contributed by atoms with van der Waals surface area (Å²) in [4.78, 5) is 15.8. The molecule has 2 aliphatic heterocycles. The Labute approximate surface area is 186 Å². The van der Waals surface area contributed by atoms with Gasteiger partial charge in [0, 0.05) is 48.9 Å². The minimum Gasteiger partial charge on any atom is -0.323 e. The highest BCUT2D eigenvalue weighted by Crippen LogP contribution is 2.33. The Kier molecular flexibility index (Phi) is 5.53. The number of sulfonamides is 1. The largest absolute Gasteiger partial charge is 0.323 e. The number of urea groups is 1. The van der Waals surface area contributed by atoms with Gasteiger partial charge in [0.2, 0.25) is 10.0 Å². The molecular formula is C20H22ClN3O5S2. The quantitative estimate of drug-likeness (QED) is 0.712. The van der Waals surface area contributed by atoms with Crippen molar-refractivity contribution in [3.05, 3.63) is 53.1 Å². The van der Waals surface area contributed by atoms with Crippen LogP contribution < -0.4 is 5.14 Å². The van der Waals surface area contributed by atoms with Gasteiger partial charge in [-0.1, -0.05) is 41.9 Å². The van der Waals surface area contributed by atoms with Gasteiger partial charge in [-0.05, 0) is 23.3 Å². The van der Waals surface area contributed by atoms with Crippen molar-refractivity contribution in [2.24, 2.45) is 5.14 Å². The summed E-state index contributed by atoms with van der Waals surface area (Å²) in [6.45, 7) is 1.36. The Morgan fingerprint density at radius 3 is 2.10 bits per heavy atom. The van der Waals surface area contributed by atoms with Crippen molar-refractivity contribution >= 4 is 37.5 Å². The van der Waals surface area contributed by atoms with E-state index in [9.17, 15) is 21.6 Å². The zero-order valence-electron chi connectivity index (χ0n) is 16.7. The number of hydrogen-bond donors (Lipinski definition) is 1. The lowest BCUT2D eigenvalue weighted by Gasteiger charge is -2.46. The predicted molar refractivity (Wildman–Crippen MR) is 118 cm³/mol. The number of sulfone groups is 1. The SMILES string of the molecule is CS(=O)(=O)c1cc(Cl)ccc1-c1ccc(C2CN(C(=O)N3CC(S(N)(=O)=O)C3)C2)cc1. The second-order valence-corrected chi connectivity index (χ2v) is 12.3. The maximum Gasteiger partial charge on any atom is 0.320 e. The van der Waals surface area contributed by atoms with E-state index in [1.54, 1.807) is 17.0 Å². The van der Waals surface area contributed by atoms with E-state index >= 15 is 0 Å². The van der Waals surface area contributed by atoms with Crippen LogP contribution in [0.5, 0.6) is 0 Å².